The van der Waals surface area contributed by atoms with Crippen molar-refractivity contribution in [2.24, 2.45) is 0 Å². The van der Waals surface area contributed by atoms with Crippen LogP contribution in [-0.2, 0) is 4.74 Å². The first-order chi connectivity index (χ1) is 10.3. The van der Waals surface area contributed by atoms with Crippen molar-refractivity contribution in [2.75, 3.05) is 30.4 Å². The zero-order valence-corrected chi connectivity index (χ0v) is 12.2. The van der Waals surface area contributed by atoms with E-state index in [0.29, 0.717) is 17.7 Å². The van der Waals surface area contributed by atoms with Gasteiger partial charge in [-0.2, -0.15) is 0 Å². The molecule has 0 aliphatic carbocycles. The standard InChI is InChI=1S/C16H20N4O/c1-2-13-11-21-9-8-20(13)15-10-14(17)18-16(19-15)12-6-4-3-5-7-12/h3-7,10,13H,2,8-9,11H2,1H3,(H2,17,18,19). The average Bonchev–Trinajstić information content (AvgIpc) is 2.55. The molecule has 1 aliphatic rings. The van der Waals surface area contributed by atoms with Crippen molar-refractivity contribution in [3.63, 3.8) is 0 Å². The van der Waals surface area contributed by atoms with E-state index in [1.54, 1.807) is 0 Å². The van der Waals surface area contributed by atoms with Gasteiger partial charge in [0.15, 0.2) is 5.82 Å². The van der Waals surface area contributed by atoms with Crippen LogP contribution in [0.1, 0.15) is 13.3 Å². The number of hydrogen-bond donors (Lipinski definition) is 1. The van der Waals surface area contributed by atoms with Crippen LogP contribution in [0.2, 0.25) is 0 Å². The Labute approximate surface area is 124 Å². The predicted molar refractivity (Wildman–Crippen MR) is 84.1 cm³/mol. The van der Waals surface area contributed by atoms with Gasteiger partial charge in [0.1, 0.15) is 11.6 Å². The molecule has 2 heterocycles. The molecule has 1 atom stereocenters. The summed E-state index contributed by atoms with van der Waals surface area (Å²) in [7, 11) is 0. The van der Waals surface area contributed by atoms with E-state index in [-0.39, 0.29) is 0 Å². The number of nitrogens with two attached hydrogens (primary N) is 1. The van der Waals surface area contributed by atoms with Crippen LogP contribution >= 0.6 is 0 Å². The van der Waals surface area contributed by atoms with Crippen molar-refractivity contribution in [3.05, 3.63) is 36.4 Å². The summed E-state index contributed by atoms with van der Waals surface area (Å²) >= 11 is 0. The van der Waals surface area contributed by atoms with Crippen LogP contribution in [-0.4, -0.2) is 35.8 Å². The Bertz CT molecular complexity index is 602. The summed E-state index contributed by atoms with van der Waals surface area (Å²) in [6.45, 7) is 4.46. The molecule has 0 saturated carbocycles. The number of nitrogen functional groups attached to an aromatic ring is 1. The van der Waals surface area contributed by atoms with Gasteiger partial charge in [0.05, 0.1) is 19.3 Å². The van der Waals surface area contributed by atoms with Gasteiger partial charge in [-0.15, -0.1) is 0 Å². The van der Waals surface area contributed by atoms with Crippen LogP contribution in [0.15, 0.2) is 36.4 Å². The quantitative estimate of drug-likeness (QED) is 0.937. The predicted octanol–water partition coefficient (Wildman–Crippen LogP) is 2.34. The van der Waals surface area contributed by atoms with Gasteiger partial charge in [-0.1, -0.05) is 37.3 Å². The number of rotatable bonds is 3. The van der Waals surface area contributed by atoms with E-state index in [4.69, 9.17) is 15.5 Å². The molecule has 21 heavy (non-hydrogen) atoms. The Balaban J connectivity index is 1.97. The van der Waals surface area contributed by atoms with Gasteiger partial charge in [-0.25, -0.2) is 9.97 Å². The number of ether oxygens (including phenoxy) is 1. The molecule has 2 N–H and O–H groups in total. The Morgan fingerprint density at radius 1 is 1.29 bits per heavy atom. The summed E-state index contributed by atoms with van der Waals surface area (Å²) in [4.78, 5) is 11.3. The number of morpholine rings is 1. The highest BCUT2D eigenvalue weighted by atomic mass is 16.5. The fourth-order valence-corrected chi connectivity index (χ4v) is 2.61. The molecule has 2 aromatic rings. The molecule has 0 amide bonds. The smallest absolute Gasteiger partial charge is 0.163 e. The first-order valence-electron chi connectivity index (χ1n) is 7.32. The number of nitrogens with zero attached hydrogens (tertiary/aromatic N) is 3. The monoisotopic (exact) mass is 284 g/mol. The second kappa shape index (κ2) is 6.10. The van der Waals surface area contributed by atoms with Gasteiger partial charge >= 0.3 is 0 Å². The Kier molecular flexibility index (Phi) is 4.01. The third-order valence-corrected chi connectivity index (χ3v) is 3.76. The molecule has 1 aliphatic heterocycles. The van der Waals surface area contributed by atoms with E-state index in [9.17, 15) is 0 Å². The van der Waals surface area contributed by atoms with Crippen LogP contribution < -0.4 is 10.6 Å². The highest BCUT2D eigenvalue weighted by Gasteiger charge is 2.23. The number of benzene rings is 1. The van der Waals surface area contributed by atoms with Crippen molar-refractivity contribution < 1.29 is 4.74 Å². The maximum atomic E-state index is 5.98. The van der Waals surface area contributed by atoms with Gasteiger partial charge in [0, 0.05) is 18.2 Å². The highest BCUT2D eigenvalue weighted by Crippen LogP contribution is 2.24. The minimum absolute atomic E-state index is 0.344. The molecule has 1 saturated heterocycles. The summed E-state index contributed by atoms with van der Waals surface area (Å²) in [6.07, 6.45) is 1.02. The normalized spacial score (nSPS) is 18.7. The zero-order chi connectivity index (χ0) is 14.7. The average molecular weight is 284 g/mol. The summed E-state index contributed by atoms with van der Waals surface area (Å²) in [5, 5.41) is 0. The third kappa shape index (κ3) is 2.97. The second-order valence-electron chi connectivity index (χ2n) is 5.17. The Morgan fingerprint density at radius 2 is 2.10 bits per heavy atom. The largest absolute Gasteiger partial charge is 0.384 e. The number of anilines is 2. The molecule has 1 fully saturated rings. The third-order valence-electron chi connectivity index (χ3n) is 3.76. The van der Waals surface area contributed by atoms with Gasteiger partial charge in [0.25, 0.3) is 0 Å². The molecule has 0 radical (unpaired) electrons. The summed E-state index contributed by atoms with van der Waals surface area (Å²) in [5.74, 6) is 2.06. The lowest BCUT2D eigenvalue weighted by atomic mass is 10.1. The summed E-state index contributed by atoms with van der Waals surface area (Å²) in [6, 6.07) is 12.1. The van der Waals surface area contributed by atoms with Gasteiger partial charge in [0.2, 0.25) is 0 Å². The van der Waals surface area contributed by atoms with Crippen molar-refractivity contribution in [2.45, 2.75) is 19.4 Å². The lowest BCUT2D eigenvalue weighted by Gasteiger charge is -2.36. The van der Waals surface area contributed by atoms with Crippen molar-refractivity contribution in [1.29, 1.82) is 0 Å². The topological polar surface area (TPSA) is 64.3 Å². The molecule has 0 bridgehead atoms. The molecule has 0 spiro atoms. The van der Waals surface area contributed by atoms with E-state index in [0.717, 1.165) is 37.6 Å². The molecular weight excluding hydrogens is 264 g/mol. The molecule has 5 heteroatoms. The fraction of sp³-hybridized carbons (Fsp3) is 0.375. The Hall–Kier alpha value is -2.14. The minimum atomic E-state index is 0.344. The van der Waals surface area contributed by atoms with Crippen LogP contribution in [0.5, 0.6) is 0 Å². The molecule has 1 unspecified atom stereocenters. The fourth-order valence-electron chi connectivity index (χ4n) is 2.61. The lowest BCUT2D eigenvalue weighted by molar-refractivity contribution is 0.0926. The van der Waals surface area contributed by atoms with Crippen molar-refractivity contribution in [3.8, 4) is 11.4 Å². The van der Waals surface area contributed by atoms with Gasteiger partial charge < -0.3 is 15.4 Å². The second-order valence-corrected chi connectivity index (χ2v) is 5.17. The maximum Gasteiger partial charge on any atom is 0.163 e. The maximum absolute atomic E-state index is 5.98. The molecule has 1 aromatic heterocycles. The summed E-state index contributed by atoms with van der Waals surface area (Å²) in [5.41, 5.74) is 6.96. The lowest BCUT2D eigenvalue weighted by Crippen LogP contribution is -2.45. The van der Waals surface area contributed by atoms with E-state index < -0.39 is 0 Å². The first kappa shape index (κ1) is 13.8. The first-order valence-corrected chi connectivity index (χ1v) is 7.32. The molecule has 1 aromatic carbocycles. The van der Waals surface area contributed by atoms with Crippen LogP contribution in [0.4, 0.5) is 11.6 Å². The van der Waals surface area contributed by atoms with Crippen molar-refractivity contribution in [1.82, 2.24) is 9.97 Å². The molecule has 3 rings (SSSR count). The molecule has 5 nitrogen and oxygen atoms in total. The SMILES string of the molecule is CCC1COCCN1c1cc(N)nc(-c2ccccc2)n1. The minimum Gasteiger partial charge on any atom is -0.384 e. The van der Waals surface area contributed by atoms with Crippen molar-refractivity contribution >= 4 is 11.6 Å². The van der Waals surface area contributed by atoms with Gasteiger partial charge in [-0.05, 0) is 6.42 Å². The van der Waals surface area contributed by atoms with E-state index in [2.05, 4.69) is 16.8 Å². The Morgan fingerprint density at radius 3 is 2.86 bits per heavy atom. The zero-order valence-electron chi connectivity index (χ0n) is 12.2. The van der Waals surface area contributed by atoms with E-state index in [1.807, 2.05) is 36.4 Å². The molecular formula is C16H20N4O. The molecule has 110 valence electrons. The number of aromatic nitrogens is 2. The van der Waals surface area contributed by atoms with E-state index >= 15 is 0 Å². The van der Waals surface area contributed by atoms with Crippen LogP contribution in [0, 0.1) is 0 Å². The van der Waals surface area contributed by atoms with Crippen LogP contribution in [0.3, 0.4) is 0 Å². The highest BCUT2D eigenvalue weighted by molar-refractivity contribution is 5.61. The van der Waals surface area contributed by atoms with Gasteiger partial charge in [-0.3, -0.25) is 0 Å². The van der Waals surface area contributed by atoms with E-state index in [1.165, 1.54) is 0 Å². The van der Waals surface area contributed by atoms with Crippen LogP contribution in [0.25, 0.3) is 11.4 Å². The summed E-state index contributed by atoms with van der Waals surface area (Å²) < 4.78 is 5.55. The number of hydrogen-bond acceptors (Lipinski definition) is 5.